The van der Waals surface area contributed by atoms with Gasteiger partial charge in [-0.1, -0.05) is 454 Å². The van der Waals surface area contributed by atoms with Crippen LogP contribution in [0.2, 0.25) is 60.4 Å². The molecule has 0 unspecified atom stereocenters. The van der Waals surface area contributed by atoms with Crippen molar-refractivity contribution < 1.29 is 12.3 Å². The fourth-order valence-corrected chi connectivity index (χ4v) is 41.3. The highest BCUT2D eigenvalue weighted by molar-refractivity contribution is 6.92. The van der Waals surface area contributed by atoms with E-state index in [4.69, 9.17) is 0 Å². The van der Waals surface area contributed by atoms with Crippen LogP contribution < -0.4 is 0 Å². The van der Waals surface area contributed by atoms with Crippen LogP contribution in [0.3, 0.4) is 0 Å². The van der Waals surface area contributed by atoms with Gasteiger partial charge >= 0.3 is 17.1 Å². The third-order valence-corrected chi connectivity index (χ3v) is 42.2. The van der Waals surface area contributed by atoms with Crippen molar-refractivity contribution >= 4 is 33.8 Å². The first-order valence-electron chi connectivity index (χ1n) is 41.8. The van der Waals surface area contributed by atoms with Gasteiger partial charge in [0.2, 0.25) is 0 Å². The molecule has 0 radical (unpaired) electrons. The highest BCUT2D eigenvalue weighted by Crippen LogP contribution is 2.45. The first-order valence-corrected chi connectivity index (χ1v) is 51.4. The number of hydrogen-bond acceptors (Lipinski definition) is 3. The predicted octanol–water partition coefficient (Wildman–Crippen LogP) is 31.4. The maximum absolute atomic E-state index is 9.31. The van der Waals surface area contributed by atoms with E-state index in [0.717, 1.165) is 0 Å². The monoisotopic (exact) mass is 1290 g/mol. The Bertz CT molecular complexity index is 1100. The first-order chi connectivity index (χ1) is 42.7. The fraction of sp³-hybridized carbons (Fsp3) is 1.00. The highest BCUT2D eigenvalue weighted by atomic mass is 28.5. The van der Waals surface area contributed by atoms with Gasteiger partial charge in [0.25, 0.3) is 0 Å². The molecule has 0 fully saturated rings. The van der Waals surface area contributed by atoms with Gasteiger partial charge in [0.15, 0.2) is 16.6 Å². The second kappa shape index (κ2) is 66.8. The van der Waals surface area contributed by atoms with Gasteiger partial charge in [-0.15, -0.1) is 0 Å². The first kappa shape index (κ1) is 87.7. The summed E-state index contributed by atoms with van der Waals surface area (Å²) in [5.74, 6) is 0. The zero-order valence-corrected chi connectivity index (χ0v) is 66.7. The molecule has 524 valence electrons. The summed E-state index contributed by atoms with van der Waals surface area (Å²) in [5, 5.41) is 0. The molecule has 0 aliphatic heterocycles. The van der Waals surface area contributed by atoms with Crippen molar-refractivity contribution in [2.24, 2.45) is 0 Å². The summed E-state index contributed by atoms with van der Waals surface area (Å²) < 4.78 is 27.7. The Kier molecular flexibility index (Phi) is 67.3. The summed E-state index contributed by atoms with van der Waals surface area (Å²) in [5.41, 5.74) is 0. The molecule has 0 saturated heterocycles. The number of rotatable bonds is 76. The summed E-state index contributed by atoms with van der Waals surface area (Å²) in [6.07, 6.45) is 83.2. The molecule has 0 aromatic heterocycles. The van der Waals surface area contributed by atoms with Crippen molar-refractivity contribution in [1.29, 1.82) is 0 Å². The van der Waals surface area contributed by atoms with Crippen molar-refractivity contribution in [3.8, 4) is 0 Å². The van der Waals surface area contributed by atoms with E-state index < -0.39 is 33.8 Å². The van der Waals surface area contributed by atoms with E-state index in [1.165, 1.54) is 446 Å². The highest BCUT2D eigenvalue weighted by Gasteiger charge is 2.54. The smallest absolute Gasteiger partial charge is 0.319 e. The van der Waals surface area contributed by atoms with Crippen molar-refractivity contribution in [3.05, 3.63) is 0 Å². The minimum Gasteiger partial charge on any atom is -0.436 e. The van der Waals surface area contributed by atoms with Crippen LogP contribution in [0.5, 0.6) is 0 Å². The Morgan fingerprint density at radius 3 is 0.379 bits per heavy atom. The molecule has 0 aromatic carbocycles. The molecule has 0 aliphatic carbocycles. The Balaban J connectivity index is 8.95. The van der Waals surface area contributed by atoms with Gasteiger partial charge in [-0.3, -0.25) is 0 Å². The molecule has 0 saturated carbocycles. The quantitative estimate of drug-likeness (QED) is 0.0449. The second-order valence-corrected chi connectivity index (χ2v) is 45.5. The maximum Gasteiger partial charge on any atom is 0.319 e. The van der Waals surface area contributed by atoms with Gasteiger partial charge < -0.3 is 12.3 Å². The lowest BCUT2D eigenvalue weighted by atomic mass is 10.1. The average molecular weight is 1290 g/mol. The van der Waals surface area contributed by atoms with Crippen LogP contribution in [0, 0.1) is 0 Å². The Hall–Kier alpha value is 0.748. The lowest BCUT2D eigenvalue weighted by molar-refractivity contribution is 0.285. The van der Waals surface area contributed by atoms with Gasteiger partial charge in [0.1, 0.15) is 0 Å². The molecule has 0 aliphatic rings. The minimum atomic E-state index is -2.85. The van der Waals surface area contributed by atoms with Gasteiger partial charge in [-0.25, -0.2) is 0 Å². The van der Waals surface area contributed by atoms with Crippen LogP contribution in [-0.2, 0) is 12.3 Å². The van der Waals surface area contributed by atoms with E-state index in [1.807, 2.05) is 0 Å². The van der Waals surface area contributed by atoms with E-state index in [9.17, 15) is 12.3 Å². The summed E-state index contributed by atoms with van der Waals surface area (Å²) in [6, 6.07) is 13.5. The van der Waals surface area contributed by atoms with Gasteiger partial charge in [-0.2, -0.15) is 0 Å². The van der Waals surface area contributed by atoms with Crippen LogP contribution in [0.1, 0.15) is 454 Å². The van der Waals surface area contributed by atoms with Crippen molar-refractivity contribution in [1.82, 2.24) is 0 Å². The van der Waals surface area contributed by atoms with E-state index in [0.29, 0.717) is 0 Å². The molecule has 7 heteroatoms. The molecule has 0 N–H and O–H groups in total. The average Bonchev–Trinajstić information content (AvgIpc) is 2.45. The fourth-order valence-electron chi connectivity index (χ4n) is 14.9. The van der Waals surface area contributed by atoms with Crippen molar-refractivity contribution in [2.75, 3.05) is 0 Å². The third-order valence-electron chi connectivity index (χ3n) is 20.7. The Labute approximate surface area is 557 Å². The molecule has 0 amide bonds. The molecule has 87 heavy (non-hydrogen) atoms. The lowest BCUT2D eigenvalue weighted by Crippen LogP contribution is -2.63. The second-order valence-electron chi connectivity index (χ2n) is 29.7. The van der Waals surface area contributed by atoms with Crippen LogP contribution in [0.25, 0.3) is 0 Å². The van der Waals surface area contributed by atoms with Crippen molar-refractivity contribution in [3.63, 3.8) is 0 Å². The van der Waals surface area contributed by atoms with E-state index in [1.54, 1.807) is 0 Å². The largest absolute Gasteiger partial charge is 0.436 e. The van der Waals surface area contributed by atoms with Crippen LogP contribution in [-0.4, -0.2) is 33.8 Å². The lowest BCUT2D eigenvalue weighted by Gasteiger charge is -2.50. The van der Waals surface area contributed by atoms with Gasteiger partial charge in [0.05, 0.1) is 0 Å². The molecular weight excluding hydrogens is 1120 g/mol. The number of unbranched alkanes of at least 4 members (excludes halogenated alkanes) is 50. The molecule has 0 atom stereocenters. The van der Waals surface area contributed by atoms with Crippen LogP contribution in [0.4, 0.5) is 0 Å². The molecule has 3 nitrogen and oxygen atoms in total. The van der Waals surface area contributed by atoms with E-state index >= 15 is 0 Å². The molecule has 0 spiro atoms. The molecule has 0 bridgehead atoms. The normalized spacial score (nSPS) is 12.6. The van der Waals surface area contributed by atoms with Crippen LogP contribution >= 0.6 is 0 Å². The Morgan fingerprint density at radius 2 is 0.241 bits per heavy atom. The molecule has 0 rings (SSSR count). The minimum absolute atomic E-state index is 1.26. The maximum atomic E-state index is 9.31. The predicted molar refractivity (Wildman–Crippen MR) is 408 cm³/mol. The van der Waals surface area contributed by atoms with E-state index in [-0.39, 0.29) is 0 Å². The van der Waals surface area contributed by atoms with Crippen molar-refractivity contribution in [2.45, 2.75) is 515 Å². The van der Waals surface area contributed by atoms with Gasteiger partial charge in [-0.05, 0) is 60.4 Å². The summed E-state index contributed by atoms with van der Waals surface area (Å²) in [4.78, 5) is 0. The zero-order chi connectivity index (χ0) is 63.6. The standard InChI is InChI=1S/C80H170O3Si4/c1-11-21-31-41-51-61-71-84(72-62-52-42-32-22-12-2,73-63-53-43-33-23-13-3)81-86(77-67-57-47-37-27-17-7,78-68-58-48-38-28-18-8)83-87(79-69-59-49-39-29-19-9,80-70-60-50-40-30-20-10)82-85(74-64-54-44-34-24-14-4,75-65-55-45-35-25-15-5)76-66-56-46-36-26-16-6/h11-80H2,1-10H3. The SMILES string of the molecule is CCCCCCCC[Si](CCCCCCCC)(CCCCCCCC)O[Si](CCCCCCCC)(CCCCCCCC)O[Si](CCCCCCCC)(CCCCCCCC)O[Si](CCCCCCCC)(CCCCCCCC)CCCCCCCC. The van der Waals surface area contributed by atoms with Gasteiger partial charge in [0, 0.05) is 0 Å². The summed E-state index contributed by atoms with van der Waals surface area (Å²) in [7, 11) is -10.2. The third kappa shape index (κ3) is 52.7. The van der Waals surface area contributed by atoms with E-state index in [2.05, 4.69) is 69.2 Å². The zero-order valence-electron chi connectivity index (χ0n) is 62.7. The molecular formula is C80H170O3Si4. The van der Waals surface area contributed by atoms with Crippen LogP contribution in [0.15, 0.2) is 0 Å². The topological polar surface area (TPSA) is 27.7 Å². The summed E-state index contributed by atoms with van der Waals surface area (Å²) >= 11 is 0. The number of hydrogen-bond donors (Lipinski definition) is 0. The molecule has 0 heterocycles. The molecule has 0 aromatic rings. The summed E-state index contributed by atoms with van der Waals surface area (Å²) in [6.45, 7) is 24.1. The Morgan fingerprint density at radius 1 is 0.126 bits per heavy atom.